The topological polar surface area (TPSA) is 34.9 Å². The lowest BCUT2D eigenvalue weighted by molar-refractivity contribution is 0.0988. The lowest BCUT2D eigenvalue weighted by Gasteiger charge is -2.05. The Morgan fingerprint density at radius 2 is 1.94 bits per heavy atom. The van der Waals surface area contributed by atoms with Crippen molar-refractivity contribution >= 4 is 5.78 Å². The van der Waals surface area contributed by atoms with E-state index in [2.05, 4.69) is 16.5 Å². The van der Waals surface area contributed by atoms with Crippen molar-refractivity contribution in [1.29, 1.82) is 0 Å². The second-order valence-corrected chi connectivity index (χ2v) is 3.89. The maximum atomic E-state index is 11.5. The Balaban J connectivity index is 2.32. The van der Waals surface area contributed by atoms with Crippen molar-refractivity contribution in [3.8, 4) is 11.4 Å². The molecular formula is C14H16N2O. The monoisotopic (exact) mass is 228 g/mol. The summed E-state index contributed by atoms with van der Waals surface area (Å²) >= 11 is 0. The molecule has 0 amide bonds. The Hall–Kier alpha value is -1.90. The Labute approximate surface area is 101 Å². The van der Waals surface area contributed by atoms with Crippen LogP contribution in [0.4, 0.5) is 0 Å². The number of Topliss-reactive ketones (excluding diaryl/α,β-unsaturated/α-hetero) is 1. The van der Waals surface area contributed by atoms with E-state index in [0.29, 0.717) is 6.42 Å². The van der Waals surface area contributed by atoms with E-state index in [4.69, 9.17) is 0 Å². The molecule has 1 aromatic carbocycles. The molecule has 88 valence electrons. The molecule has 0 aliphatic carbocycles. The molecule has 2 rings (SSSR count). The van der Waals surface area contributed by atoms with Crippen molar-refractivity contribution < 1.29 is 4.79 Å². The number of benzene rings is 1. The van der Waals surface area contributed by atoms with Crippen molar-refractivity contribution in [3.63, 3.8) is 0 Å². The summed E-state index contributed by atoms with van der Waals surface area (Å²) in [4.78, 5) is 15.8. The largest absolute Gasteiger partial charge is 0.331 e. The van der Waals surface area contributed by atoms with Crippen LogP contribution in [-0.2, 0) is 6.54 Å². The van der Waals surface area contributed by atoms with Gasteiger partial charge >= 0.3 is 0 Å². The number of nitrogens with zero attached hydrogens (tertiary/aromatic N) is 2. The minimum Gasteiger partial charge on any atom is -0.331 e. The molecule has 0 aliphatic heterocycles. The zero-order chi connectivity index (χ0) is 12.3. The Kier molecular flexibility index (Phi) is 3.38. The van der Waals surface area contributed by atoms with Gasteiger partial charge in [-0.3, -0.25) is 4.79 Å². The molecule has 1 heterocycles. The van der Waals surface area contributed by atoms with E-state index in [1.165, 1.54) is 0 Å². The predicted molar refractivity (Wildman–Crippen MR) is 68.0 cm³/mol. The molecule has 2 aromatic rings. The maximum Gasteiger partial charge on any atom is 0.162 e. The summed E-state index contributed by atoms with van der Waals surface area (Å²) in [6.07, 6.45) is 4.30. The number of hydrogen-bond acceptors (Lipinski definition) is 2. The minimum absolute atomic E-state index is 0.176. The number of aryl methyl sites for hydroxylation is 1. The normalized spacial score (nSPS) is 10.5. The van der Waals surface area contributed by atoms with Gasteiger partial charge < -0.3 is 4.57 Å². The van der Waals surface area contributed by atoms with Crippen LogP contribution in [0.2, 0.25) is 0 Å². The summed E-state index contributed by atoms with van der Waals surface area (Å²) in [5.74, 6) is 1.12. The molecule has 0 aliphatic rings. The summed E-state index contributed by atoms with van der Waals surface area (Å²) in [6, 6.07) is 7.65. The standard InChI is InChI=1S/C14H16N2O/c1-3-13(17)11-5-7-12(8-6-11)14-15-9-10-16(14)4-2/h5-10H,3-4H2,1-2H3. The lowest BCUT2D eigenvalue weighted by atomic mass is 10.1. The van der Waals surface area contributed by atoms with Gasteiger partial charge in [0.15, 0.2) is 5.78 Å². The van der Waals surface area contributed by atoms with E-state index >= 15 is 0 Å². The fourth-order valence-corrected chi connectivity index (χ4v) is 1.83. The summed E-state index contributed by atoms with van der Waals surface area (Å²) in [6.45, 7) is 4.85. The van der Waals surface area contributed by atoms with Crippen LogP contribution < -0.4 is 0 Å². The Morgan fingerprint density at radius 1 is 1.24 bits per heavy atom. The van der Waals surface area contributed by atoms with E-state index in [-0.39, 0.29) is 5.78 Å². The van der Waals surface area contributed by atoms with E-state index in [1.54, 1.807) is 6.20 Å². The first-order valence-electron chi connectivity index (χ1n) is 5.91. The fourth-order valence-electron chi connectivity index (χ4n) is 1.83. The summed E-state index contributed by atoms with van der Waals surface area (Å²) < 4.78 is 2.08. The second-order valence-electron chi connectivity index (χ2n) is 3.89. The molecule has 0 spiro atoms. The number of ketones is 1. The summed E-state index contributed by atoms with van der Waals surface area (Å²) in [5, 5.41) is 0. The van der Waals surface area contributed by atoms with Crippen molar-refractivity contribution in [2.75, 3.05) is 0 Å². The van der Waals surface area contributed by atoms with Gasteiger partial charge in [-0.15, -0.1) is 0 Å². The molecule has 17 heavy (non-hydrogen) atoms. The maximum absolute atomic E-state index is 11.5. The molecule has 3 nitrogen and oxygen atoms in total. The van der Waals surface area contributed by atoms with E-state index in [9.17, 15) is 4.79 Å². The van der Waals surface area contributed by atoms with Crippen LogP contribution in [0.25, 0.3) is 11.4 Å². The first-order valence-corrected chi connectivity index (χ1v) is 5.91. The van der Waals surface area contributed by atoms with Crippen LogP contribution in [0.3, 0.4) is 0 Å². The first-order chi connectivity index (χ1) is 8.26. The van der Waals surface area contributed by atoms with Crippen LogP contribution in [0.5, 0.6) is 0 Å². The average Bonchev–Trinajstić information content (AvgIpc) is 2.86. The Bertz CT molecular complexity index is 511. The first kappa shape index (κ1) is 11.6. The van der Waals surface area contributed by atoms with Crippen molar-refractivity contribution in [2.45, 2.75) is 26.8 Å². The highest BCUT2D eigenvalue weighted by Gasteiger charge is 2.06. The van der Waals surface area contributed by atoms with Crippen molar-refractivity contribution in [1.82, 2.24) is 9.55 Å². The van der Waals surface area contributed by atoms with Crippen molar-refractivity contribution in [2.24, 2.45) is 0 Å². The number of aromatic nitrogens is 2. The molecule has 0 fully saturated rings. The fraction of sp³-hybridized carbons (Fsp3) is 0.286. The predicted octanol–water partition coefficient (Wildman–Crippen LogP) is 3.16. The molecule has 0 bridgehead atoms. The van der Waals surface area contributed by atoms with Gasteiger partial charge in [0.25, 0.3) is 0 Å². The highest BCUT2D eigenvalue weighted by atomic mass is 16.1. The van der Waals surface area contributed by atoms with Crippen LogP contribution >= 0.6 is 0 Å². The van der Waals surface area contributed by atoms with Gasteiger partial charge in [0, 0.05) is 36.5 Å². The average molecular weight is 228 g/mol. The van der Waals surface area contributed by atoms with Crippen LogP contribution in [-0.4, -0.2) is 15.3 Å². The van der Waals surface area contributed by atoms with Crippen LogP contribution in [0.1, 0.15) is 30.6 Å². The smallest absolute Gasteiger partial charge is 0.162 e. The SMILES string of the molecule is CCC(=O)c1ccc(-c2nccn2CC)cc1. The number of rotatable bonds is 4. The third kappa shape index (κ3) is 2.28. The van der Waals surface area contributed by atoms with Gasteiger partial charge in [-0.1, -0.05) is 31.2 Å². The highest BCUT2D eigenvalue weighted by molar-refractivity contribution is 5.96. The van der Waals surface area contributed by atoms with Gasteiger partial charge in [0.05, 0.1) is 0 Å². The van der Waals surface area contributed by atoms with Crippen LogP contribution in [0.15, 0.2) is 36.7 Å². The molecule has 1 aromatic heterocycles. The van der Waals surface area contributed by atoms with Gasteiger partial charge in [0.2, 0.25) is 0 Å². The Morgan fingerprint density at radius 3 is 2.53 bits per heavy atom. The van der Waals surface area contributed by atoms with Crippen LogP contribution in [0, 0.1) is 0 Å². The summed E-state index contributed by atoms with van der Waals surface area (Å²) in [5.41, 5.74) is 1.82. The highest BCUT2D eigenvalue weighted by Crippen LogP contribution is 2.18. The zero-order valence-electron chi connectivity index (χ0n) is 10.2. The van der Waals surface area contributed by atoms with E-state index in [0.717, 1.165) is 23.5 Å². The molecule has 0 unspecified atom stereocenters. The number of carbonyl (C=O) groups excluding carboxylic acids is 1. The van der Waals surface area contributed by atoms with Gasteiger partial charge in [-0.2, -0.15) is 0 Å². The molecule has 3 heteroatoms. The summed E-state index contributed by atoms with van der Waals surface area (Å²) in [7, 11) is 0. The van der Waals surface area contributed by atoms with E-state index < -0.39 is 0 Å². The molecule has 0 N–H and O–H groups in total. The lowest BCUT2D eigenvalue weighted by Crippen LogP contribution is -1.98. The second kappa shape index (κ2) is 4.95. The quantitative estimate of drug-likeness (QED) is 0.753. The molecule has 0 saturated carbocycles. The molecule has 0 radical (unpaired) electrons. The number of carbonyl (C=O) groups is 1. The van der Waals surface area contributed by atoms with Gasteiger partial charge in [0.1, 0.15) is 5.82 Å². The number of hydrogen-bond donors (Lipinski definition) is 0. The molecule has 0 saturated heterocycles. The van der Waals surface area contributed by atoms with Crippen molar-refractivity contribution in [3.05, 3.63) is 42.2 Å². The number of imidazole rings is 1. The third-order valence-corrected chi connectivity index (χ3v) is 2.84. The third-order valence-electron chi connectivity index (χ3n) is 2.84. The zero-order valence-corrected chi connectivity index (χ0v) is 10.2. The minimum atomic E-state index is 0.176. The van der Waals surface area contributed by atoms with Gasteiger partial charge in [-0.05, 0) is 6.92 Å². The van der Waals surface area contributed by atoms with Gasteiger partial charge in [-0.25, -0.2) is 4.98 Å². The molecular weight excluding hydrogens is 212 g/mol. The molecule has 0 atom stereocenters. The van der Waals surface area contributed by atoms with E-state index in [1.807, 2.05) is 37.4 Å².